The zero-order chi connectivity index (χ0) is 21.7. The molecule has 1 amide bonds. The SMILES string of the molecule is Cc1cc2nnc(SCC(=O)Nc3nc4cc5c(cc4s3)OCCO5)n2c2ccccc12. The van der Waals surface area contributed by atoms with Crippen LogP contribution in [-0.4, -0.2) is 44.5 Å². The number of fused-ring (bicyclic) bond motifs is 5. The summed E-state index contributed by atoms with van der Waals surface area (Å²) in [5.41, 5.74) is 3.70. The lowest BCUT2D eigenvalue weighted by molar-refractivity contribution is -0.113. The van der Waals surface area contributed by atoms with E-state index in [-0.39, 0.29) is 11.7 Å². The molecule has 0 unspecified atom stereocenters. The van der Waals surface area contributed by atoms with Gasteiger partial charge < -0.3 is 14.8 Å². The van der Waals surface area contributed by atoms with Crippen LogP contribution in [0.3, 0.4) is 0 Å². The molecule has 0 bridgehead atoms. The Labute approximate surface area is 190 Å². The Hall–Kier alpha value is -3.37. The maximum absolute atomic E-state index is 12.6. The number of hydrogen-bond acceptors (Lipinski definition) is 8. The molecular formula is C22H17N5O3S2. The summed E-state index contributed by atoms with van der Waals surface area (Å²) < 4.78 is 14.2. The number of hydrogen-bond donors (Lipinski definition) is 1. The molecule has 1 aliphatic rings. The summed E-state index contributed by atoms with van der Waals surface area (Å²) in [5, 5.41) is 13.8. The van der Waals surface area contributed by atoms with Crippen LogP contribution in [0.4, 0.5) is 5.13 Å². The Balaban J connectivity index is 1.22. The fraction of sp³-hybridized carbons (Fsp3) is 0.182. The van der Waals surface area contributed by atoms with Gasteiger partial charge in [-0.25, -0.2) is 4.98 Å². The van der Waals surface area contributed by atoms with E-state index in [0.717, 1.165) is 32.3 Å². The Bertz CT molecular complexity index is 1470. The van der Waals surface area contributed by atoms with Crippen LogP contribution in [0.15, 0.2) is 47.6 Å². The molecule has 1 aliphatic heterocycles. The van der Waals surface area contributed by atoms with Crippen molar-refractivity contribution in [3.05, 3.63) is 48.0 Å². The number of thioether (sulfide) groups is 1. The van der Waals surface area contributed by atoms with Gasteiger partial charge in [0.1, 0.15) is 13.2 Å². The van der Waals surface area contributed by atoms with Gasteiger partial charge in [-0.2, -0.15) is 0 Å². The zero-order valence-electron chi connectivity index (χ0n) is 17.0. The predicted octanol–water partition coefficient (Wildman–Crippen LogP) is 4.30. The molecule has 0 saturated carbocycles. The number of nitrogens with one attached hydrogen (secondary N) is 1. The predicted molar refractivity (Wildman–Crippen MR) is 125 cm³/mol. The summed E-state index contributed by atoms with van der Waals surface area (Å²) in [5.74, 6) is 1.44. The highest BCUT2D eigenvalue weighted by Gasteiger charge is 2.17. The molecule has 4 heterocycles. The van der Waals surface area contributed by atoms with Crippen LogP contribution in [0.1, 0.15) is 5.56 Å². The second-order valence-electron chi connectivity index (χ2n) is 7.34. The van der Waals surface area contributed by atoms with Crippen LogP contribution >= 0.6 is 23.1 Å². The quantitative estimate of drug-likeness (QED) is 0.397. The van der Waals surface area contributed by atoms with Gasteiger partial charge in [0, 0.05) is 17.5 Å². The number of thiazole rings is 1. The van der Waals surface area contributed by atoms with Crippen molar-refractivity contribution in [2.24, 2.45) is 0 Å². The summed E-state index contributed by atoms with van der Waals surface area (Å²) in [6.45, 7) is 3.11. The highest BCUT2D eigenvalue weighted by atomic mass is 32.2. The van der Waals surface area contributed by atoms with Crippen LogP contribution in [0.25, 0.3) is 26.8 Å². The number of rotatable bonds is 4. The van der Waals surface area contributed by atoms with Gasteiger partial charge in [-0.05, 0) is 24.6 Å². The minimum atomic E-state index is -0.153. The molecule has 32 heavy (non-hydrogen) atoms. The summed E-state index contributed by atoms with van der Waals surface area (Å²) in [6, 6.07) is 13.9. The van der Waals surface area contributed by atoms with Crippen molar-refractivity contribution in [1.29, 1.82) is 0 Å². The molecule has 3 aromatic heterocycles. The van der Waals surface area contributed by atoms with E-state index < -0.39 is 0 Å². The number of aryl methyl sites for hydroxylation is 1. The van der Waals surface area contributed by atoms with E-state index in [4.69, 9.17) is 9.47 Å². The van der Waals surface area contributed by atoms with E-state index >= 15 is 0 Å². The Morgan fingerprint density at radius 1 is 1.16 bits per heavy atom. The van der Waals surface area contributed by atoms with Gasteiger partial charge in [-0.3, -0.25) is 9.20 Å². The molecule has 8 nitrogen and oxygen atoms in total. The smallest absolute Gasteiger partial charge is 0.236 e. The third-order valence-corrected chi connectivity index (χ3v) is 7.07. The van der Waals surface area contributed by atoms with Crippen molar-refractivity contribution in [2.75, 3.05) is 24.3 Å². The first kappa shape index (κ1) is 19.3. The topological polar surface area (TPSA) is 90.6 Å². The van der Waals surface area contributed by atoms with Gasteiger partial charge in [-0.15, -0.1) is 10.2 Å². The monoisotopic (exact) mass is 463 g/mol. The second-order valence-corrected chi connectivity index (χ2v) is 9.31. The molecule has 0 radical (unpaired) electrons. The first-order chi connectivity index (χ1) is 15.7. The normalized spacial score (nSPS) is 13.2. The van der Waals surface area contributed by atoms with Gasteiger partial charge in [-0.1, -0.05) is 41.3 Å². The number of benzene rings is 2. The lowest BCUT2D eigenvalue weighted by Gasteiger charge is -2.17. The summed E-state index contributed by atoms with van der Waals surface area (Å²) in [6.07, 6.45) is 0. The average Bonchev–Trinajstić information content (AvgIpc) is 3.39. The van der Waals surface area contributed by atoms with Crippen molar-refractivity contribution >= 4 is 60.9 Å². The van der Waals surface area contributed by atoms with Crippen LogP contribution in [0, 0.1) is 6.92 Å². The third-order valence-electron chi connectivity index (χ3n) is 5.20. The number of ether oxygens (including phenoxy) is 2. The van der Waals surface area contributed by atoms with Crippen molar-refractivity contribution in [2.45, 2.75) is 12.1 Å². The molecule has 0 spiro atoms. The van der Waals surface area contributed by atoms with E-state index in [2.05, 4.69) is 33.5 Å². The number of aromatic nitrogens is 4. The molecule has 10 heteroatoms. The van der Waals surface area contributed by atoms with Crippen molar-refractivity contribution < 1.29 is 14.3 Å². The number of nitrogens with zero attached hydrogens (tertiary/aromatic N) is 4. The maximum Gasteiger partial charge on any atom is 0.236 e. The van der Waals surface area contributed by atoms with E-state index in [1.165, 1.54) is 23.1 Å². The summed E-state index contributed by atoms with van der Waals surface area (Å²) >= 11 is 2.75. The highest BCUT2D eigenvalue weighted by Crippen LogP contribution is 2.38. The minimum Gasteiger partial charge on any atom is -0.486 e. The van der Waals surface area contributed by atoms with E-state index in [9.17, 15) is 4.79 Å². The Morgan fingerprint density at radius 2 is 1.97 bits per heavy atom. The van der Waals surface area contributed by atoms with Gasteiger partial charge in [0.25, 0.3) is 0 Å². The van der Waals surface area contributed by atoms with E-state index in [0.29, 0.717) is 35.0 Å². The van der Waals surface area contributed by atoms with Crippen LogP contribution in [0.5, 0.6) is 11.5 Å². The molecule has 0 aliphatic carbocycles. The standard InChI is InChI=1S/C22H17N5O3S2/c1-12-8-19-25-26-22(27(19)15-5-3-2-4-13(12)15)31-11-20(28)24-21-23-14-9-16-17(10-18(14)32-21)30-7-6-29-16/h2-5,8-10H,6-7,11H2,1H3,(H,23,24,28). The van der Waals surface area contributed by atoms with Crippen molar-refractivity contribution in [3.63, 3.8) is 0 Å². The Morgan fingerprint density at radius 3 is 2.84 bits per heavy atom. The van der Waals surface area contributed by atoms with Gasteiger partial charge >= 0.3 is 0 Å². The number of para-hydroxylation sites is 1. The highest BCUT2D eigenvalue weighted by molar-refractivity contribution is 7.99. The first-order valence-electron chi connectivity index (χ1n) is 10.0. The average molecular weight is 464 g/mol. The minimum absolute atomic E-state index is 0.153. The van der Waals surface area contributed by atoms with E-state index in [1.807, 2.05) is 40.8 Å². The number of carbonyl (C=O) groups is 1. The molecule has 1 N–H and O–H groups in total. The Kier molecular flexibility index (Phi) is 4.62. The zero-order valence-corrected chi connectivity index (χ0v) is 18.6. The maximum atomic E-state index is 12.6. The van der Waals surface area contributed by atoms with Gasteiger partial charge in [0.15, 0.2) is 27.4 Å². The first-order valence-corrected chi connectivity index (χ1v) is 11.8. The molecule has 0 fully saturated rings. The molecule has 2 aromatic carbocycles. The summed E-state index contributed by atoms with van der Waals surface area (Å²) in [4.78, 5) is 17.1. The fourth-order valence-corrected chi connectivity index (χ4v) is 5.42. The van der Waals surface area contributed by atoms with Crippen LogP contribution in [0.2, 0.25) is 0 Å². The molecule has 160 valence electrons. The van der Waals surface area contributed by atoms with Crippen molar-refractivity contribution in [3.8, 4) is 11.5 Å². The number of carbonyl (C=O) groups excluding carboxylic acids is 1. The van der Waals surface area contributed by atoms with Crippen molar-refractivity contribution in [1.82, 2.24) is 19.6 Å². The third kappa shape index (κ3) is 3.32. The summed E-state index contributed by atoms with van der Waals surface area (Å²) in [7, 11) is 0. The molecule has 6 rings (SSSR count). The molecule has 0 atom stereocenters. The molecule has 5 aromatic rings. The van der Waals surface area contributed by atoms with Gasteiger partial charge in [0.05, 0.1) is 21.5 Å². The molecular weight excluding hydrogens is 446 g/mol. The lowest BCUT2D eigenvalue weighted by Crippen LogP contribution is -2.15. The van der Waals surface area contributed by atoms with Gasteiger partial charge in [0.2, 0.25) is 5.91 Å². The molecule has 0 saturated heterocycles. The van der Waals surface area contributed by atoms with Crippen LogP contribution < -0.4 is 14.8 Å². The number of amides is 1. The van der Waals surface area contributed by atoms with E-state index in [1.54, 1.807) is 0 Å². The second kappa shape index (κ2) is 7.64. The fourth-order valence-electron chi connectivity index (χ4n) is 3.77. The lowest BCUT2D eigenvalue weighted by atomic mass is 10.1. The number of pyridine rings is 1. The van der Waals surface area contributed by atoms with Crippen LogP contribution in [-0.2, 0) is 4.79 Å². The number of anilines is 1. The largest absolute Gasteiger partial charge is 0.486 e.